The zero-order chi connectivity index (χ0) is 13.7. The molecular formula is C13H12N2O4. The number of benzene rings is 1. The van der Waals surface area contributed by atoms with E-state index in [9.17, 15) is 9.59 Å². The van der Waals surface area contributed by atoms with Crippen LogP contribution in [0.25, 0.3) is 0 Å². The van der Waals surface area contributed by atoms with Crippen LogP contribution < -0.4 is 15.6 Å². The Morgan fingerprint density at radius 3 is 2.47 bits per heavy atom. The van der Waals surface area contributed by atoms with Gasteiger partial charge in [0.15, 0.2) is 5.76 Å². The molecule has 0 saturated carbocycles. The summed E-state index contributed by atoms with van der Waals surface area (Å²) in [6.07, 6.45) is 1.37. The average molecular weight is 260 g/mol. The summed E-state index contributed by atoms with van der Waals surface area (Å²) >= 11 is 0. The maximum Gasteiger partial charge on any atom is 0.305 e. The molecule has 98 valence electrons. The van der Waals surface area contributed by atoms with Gasteiger partial charge in [0, 0.05) is 0 Å². The van der Waals surface area contributed by atoms with E-state index in [2.05, 4.69) is 10.9 Å². The van der Waals surface area contributed by atoms with Crippen LogP contribution in [0.2, 0.25) is 0 Å². The van der Waals surface area contributed by atoms with E-state index in [1.54, 1.807) is 30.3 Å². The minimum absolute atomic E-state index is 0.111. The summed E-state index contributed by atoms with van der Waals surface area (Å²) in [6.45, 7) is 0. The van der Waals surface area contributed by atoms with E-state index in [4.69, 9.17) is 9.15 Å². The number of rotatable bonds is 3. The molecule has 0 aliphatic rings. The quantitative estimate of drug-likeness (QED) is 0.816. The van der Waals surface area contributed by atoms with E-state index < -0.39 is 11.8 Å². The summed E-state index contributed by atoms with van der Waals surface area (Å²) in [5, 5.41) is 0. The van der Waals surface area contributed by atoms with Crippen molar-refractivity contribution in [1.29, 1.82) is 0 Å². The number of carbonyl (C=O) groups is 2. The van der Waals surface area contributed by atoms with E-state index in [0.29, 0.717) is 11.3 Å². The van der Waals surface area contributed by atoms with Gasteiger partial charge in [0.1, 0.15) is 5.75 Å². The van der Waals surface area contributed by atoms with Gasteiger partial charge in [0.25, 0.3) is 5.91 Å². The third-order valence-corrected chi connectivity index (χ3v) is 2.39. The second-order valence-electron chi connectivity index (χ2n) is 3.59. The summed E-state index contributed by atoms with van der Waals surface area (Å²) in [6, 6.07) is 9.76. The molecule has 2 rings (SSSR count). The third kappa shape index (κ3) is 2.92. The number of amides is 2. The first-order valence-corrected chi connectivity index (χ1v) is 5.49. The second kappa shape index (κ2) is 5.72. The van der Waals surface area contributed by atoms with Crippen LogP contribution in [-0.2, 0) is 0 Å². The highest BCUT2D eigenvalue weighted by Gasteiger charge is 2.13. The first kappa shape index (κ1) is 12.7. The zero-order valence-corrected chi connectivity index (χ0v) is 10.2. The summed E-state index contributed by atoms with van der Waals surface area (Å²) in [5.74, 6) is -0.474. The van der Waals surface area contributed by atoms with Gasteiger partial charge in [0.2, 0.25) is 0 Å². The van der Waals surface area contributed by atoms with Gasteiger partial charge < -0.3 is 9.15 Å². The lowest BCUT2D eigenvalue weighted by Gasteiger charge is -2.09. The minimum Gasteiger partial charge on any atom is -0.496 e. The van der Waals surface area contributed by atoms with Crippen molar-refractivity contribution >= 4 is 11.8 Å². The van der Waals surface area contributed by atoms with Gasteiger partial charge >= 0.3 is 5.91 Å². The molecule has 0 unspecified atom stereocenters. The van der Waals surface area contributed by atoms with Gasteiger partial charge in [-0.2, -0.15) is 0 Å². The molecule has 0 fully saturated rings. The summed E-state index contributed by atoms with van der Waals surface area (Å²) in [5.41, 5.74) is 4.85. The van der Waals surface area contributed by atoms with E-state index in [1.807, 2.05) is 0 Å². The minimum atomic E-state index is -0.534. The van der Waals surface area contributed by atoms with Crippen molar-refractivity contribution in [1.82, 2.24) is 10.9 Å². The van der Waals surface area contributed by atoms with Crippen LogP contribution in [0.5, 0.6) is 5.75 Å². The summed E-state index contributed by atoms with van der Waals surface area (Å²) in [4.78, 5) is 23.4. The highest BCUT2D eigenvalue weighted by Crippen LogP contribution is 2.16. The van der Waals surface area contributed by atoms with Gasteiger partial charge in [-0.1, -0.05) is 12.1 Å². The fourth-order valence-corrected chi connectivity index (χ4v) is 1.48. The maximum absolute atomic E-state index is 11.9. The van der Waals surface area contributed by atoms with Crippen molar-refractivity contribution in [3.05, 3.63) is 54.0 Å². The van der Waals surface area contributed by atoms with Gasteiger partial charge in [-0.15, -0.1) is 0 Å². The molecule has 2 aromatic rings. The third-order valence-electron chi connectivity index (χ3n) is 2.39. The Kier molecular flexibility index (Phi) is 3.82. The van der Waals surface area contributed by atoms with Crippen LogP contribution in [0.4, 0.5) is 0 Å². The summed E-state index contributed by atoms with van der Waals surface area (Å²) in [7, 11) is 1.47. The Hall–Kier alpha value is -2.76. The average Bonchev–Trinajstić information content (AvgIpc) is 2.98. The fourth-order valence-electron chi connectivity index (χ4n) is 1.48. The van der Waals surface area contributed by atoms with E-state index >= 15 is 0 Å². The largest absolute Gasteiger partial charge is 0.496 e. The Balaban J connectivity index is 2.00. The van der Waals surface area contributed by atoms with Gasteiger partial charge in [-0.3, -0.25) is 20.4 Å². The van der Waals surface area contributed by atoms with Gasteiger partial charge in [0.05, 0.1) is 18.9 Å². The van der Waals surface area contributed by atoms with Crippen LogP contribution >= 0.6 is 0 Å². The molecule has 0 atom stereocenters. The molecule has 0 spiro atoms. The van der Waals surface area contributed by atoms with E-state index in [0.717, 1.165) is 0 Å². The van der Waals surface area contributed by atoms with E-state index in [1.165, 1.54) is 19.4 Å². The predicted octanol–water partition coefficient (Wildman–Crippen LogP) is 1.36. The van der Waals surface area contributed by atoms with Crippen LogP contribution in [0.1, 0.15) is 20.9 Å². The lowest BCUT2D eigenvalue weighted by atomic mass is 10.2. The molecule has 1 aromatic heterocycles. The molecule has 2 N–H and O–H groups in total. The standard InChI is InChI=1S/C13H12N2O4/c1-18-10-6-3-2-5-9(10)12(16)14-15-13(17)11-7-4-8-19-11/h2-8H,1H3,(H,14,16)(H,15,17). The SMILES string of the molecule is COc1ccccc1C(=O)NNC(=O)c1ccco1. The van der Waals surface area contributed by atoms with Gasteiger partial charge in [-0.25, -0.2) is 0 Å². The van der Waals surface area contributed by atoms with Crippen LogP contribution in [0, 0.1) is 0 Å². The van der Waals surface area contributed by atoms with Crippen molar-refractivity contribution in [3.63, 3.8) is 0 Å². The number of hydrogen-bond donors (Lipinski definition) is 2. The molecule has 0 radical (unpaired) electrons. The van der Waals surface area contributed by atoms with Crippen molar-refractivity contribution in [2.45, 2.75) is 0 Å². The number of hydrogen-bond acceptors (Lipinski definition) is 4. The normalized spacial score (nSPS) is 9.74. The number of nitrogens with one attached hydrogen (secondary N) is 2. The number of ether oxygens (including phenoxy) is 1. The summed E-state index contributed by atoms with van der Waals surface area (Å²) < 4.78 is 9.94. The predicted molar refractivity (Wildman–Crippen MR) is 66.6 cm³/mol. The fraction of sp³-hybridized carbons (Fsp3) is 0.0769. The van der Waals surface area contributed by atoms with Crippen LogP contribution in [-0.4, -0.2) is 18.9 Å². The topological polar surface area (TPSA) is 80.6 Å². The molecule has 0 aliphatic heterocycles. The number of hydrazine groups is 1. The molecule has 0 saturated heterocycles. The molecule has 1 heterocycles. The lowest BCUT2D eigenvalue weighted by molar-refractivity contribution is 0.0829. The maximum atomic E-state index is 11.9. The monoisotopic (exact) mass is 260 g/mol. The molecule has 1 aromatic carbocycles. The van der Waals surface area contributed by atoms with Gasteiger partial charge in [-0.05, 0) is 24.3 Å². The number of para-hydroxylation sites is 1. The van der Waals surface area contributed by atoms with Crippen molar-refractivity contribution < 1.29 is 18.7 Å². The first-order chi connectivity index (χ1) is 9.22. The molecular weight excluding hydrogens is 248 g/mol. The highest BCUT2D eigenvalue weighted by atomic mass is 16.5. The van der Waals surface area contributed by atoms with Crippen molar-refractivity contribution in [2.75, 3.05) is 7.11 Å². The van der Waals surface area contributed by atoms with Crippen LogP contribution in [0.3, 0.4) is 0 Å². The molecule has 2 amide bonds. The second-order valence-corrected chi connectivity index (χ2v) is 3.59. The van der Waals surface area contributed by atoms with Crippen LogP contribution in [0.15, 0.2) is 47.1 Å². The number of furan rings is 1. The number of methoxy groups -OCH3 is 1. The Morgan fingerprint density at radius 2 is 1.79 bits per heavy atom. The smallest absolute Gasteiger partial charge is 0.305 e. The first-order valence-electron chi connectivity index (χ1n) is 5.49. The molecule has 6 nitrogen and oxygen atoms in total. The highest BCUT2D eigenvalue weighted by molar-refractivity contribution is 5.99. The van der Waals surface area contributed by atoms with Crippen molar-refractivity contribution in [2.24, 2.45) is 0 Å². The zero-order valence-electron chi connectivity index (χ0n) is 10.2. The Labute approximate surface area is 109 Å². The molecule has 0 bridgehead atoms. The molecule has 19 heavy (non-hydrogen) atoms. The molecule has 0 aliphatic carbocycles. The Morgan fingerprint density at radius 1 is 1.05 bits per heavy atom. The Bertz CT molecular complexity index is 578. The number of carbonyl (C=O) groups excluding carboxylic acids is 2. The van der Waals surface area contributed by atoms with Crippen molar-refractivity contribution in [3.8, 4) is 5.75 Å². The molecule has 6 heteroatoms. The van der Waals surface area contributed by atoms with E-state index in [-0.39, 0.29) is 5.76 Å². The lowest BCUT2D eigenvalue weighted by Crippen LogP contribution is -2.41.